The summed E-state index contributed by atoms with van der Waals surface area (Å²) in [6, 6.07) is 24.6. The second-order valence-electron chi connectivity index (χ2n) is 9.55. The zero-order chi connectivity index (χ0) is 28.8. The molecule has 1 atom stereocenters. The van der Waals surface area contributed by atoms with E-state index >= 15 is 0 Å². The molecule has 1 aliphatic rings. The van der Waals surface area contributed by atoms with Gasteiger partial charge in [0.05, 0.1) is 4.90 Å². The fourth-order valence-electron chi connectivity index (χ4n) is 4.47. The number of aliphatic carboxylic acids is 1. The predicted molar refractivity (Wildman–Crippen MR) is 157 cm³/mol. The number of hydrogen-bond donors (Lipinski definition) is 5. The number of fused-ring (bicyclic) bond motifs is 1. The second-order valence-corrected chi connectivity index (χ2v) is 11.3. The van der Waals surface area contributed by atoms with Gasteiger partial charge in [0.2, 0.25) is 10.0 Å². The van der Waals surface area contributed by atoms with Crippen LogP contribution in [0.4, 0.5) is 17.3 Å². The van der Waals surface area contributed by atoms with Crippen LogP contribution >= 0.6 is 0 Å². The van der Waals surface area contributed by atoms with Gasteiger partial charge in [0, 0.05) is 24.3 Å². The first-order valence-corrected chi connectivity index (χ1v) is 14.6. The number of aromatic nitrogens is 1. The summed E-state index contributed by atoms with van der Waals surface area (Å²) in [4.78, 5) is 29.0. The zero-order valence-corrected chi connectivity index (χ0v) is 22.8. The van der Waals surface area contributed by atoms with E-state index in [1.165, 1.54) is 29.8 Å². The molecule has 1 aromatic heterocycles. The summed E-state index contributed by atoms with van der Waals surface area (Å²) in [6.07, 6.45) is 2.12. The number of sulfonamides is 1. The second kappa shape index (κ2) is 12.2. The van der Waals surface area contributed by atoms with Gasteiger partial charge in [-0.1, -0.05) is 48.5 Å². The number of carboxylic acids is 1. The third kappa shape index (κ3) is 6.89. The Kier molecular flexibility index (Phi) is 8.27. The van der Waals surface area contributed by atoms with Crippen LogP contribution < -0.4 is 20.7 Å². The van der Waals surface area contributed by atoms with Gasteiger partial charge in [-0.3, -0.25) is 9.59 Å². The first-order valence-electron chi connectivity index (χ1n) is 13.1. The van der Waals surface area contributed by atoms with Crippen molar-refractivity contribution in [3.63, 3.8) is 0 Å². The molecule has 0 fully saturated rings. The molecule has 0 saturated heterocycles. The fourth-order valence-corrected chi connectivity index (χ4v) is 5.68. The molecule has 41 heavy (non-hydrogen) atoms. The molecule has 1 amide bonds. The van der Waals surface area contributed by atoms with Gasteiger partial charge in [-0.15, -0.1) is 0 Å². The number of pyridine rings is 1. The molecule has 0 radical (unpaired) electrons. The molecule has 210 valence electrons. The molecule has 5 N–H and O–H groups in total. The summed E-state index contributed by atoms with van der Waals surface area (Å²) in [5.41, 5.74) is 4.20. The topological polar surface area (TPSA) is 150 Å². The van der Waals surface area contributed by atoms with Crippen LogP contribution in [0.5, 0.6) is 0 Å². The molecule has 3 aromatic carbocycles. The van der Waals surface area contributed by atoms with Crippen molar-refractivity contribution in [3.05, 3.63) is 102 Å². The number of nitrogens with one attached hydrogen (secondary N) is 4. The number of rotatable bonds is 10. The van der Waals surface area contributed by atoms with Crippen molar-refractivity contribution in [2.45, 2.75) is 23.8 Å². The van der Waals surface area contributed by atoms with Crippen molar-refractivity contribution < 1.29 is 23.1 Å². The fraction of sp³-hybridized carbons (Fsp3) is 0.167. The number of aryl methyl sites for hydroxylation is 1. The lowest BCUT2D eigenvalue weighted by molar-refractivity contribution is -0.138. The molecule has 0 aliphatic carbocycles. The smallest absolute Gasteiger partial charge is 0.323 e. The van der Waals surface area contributed by atoms with Gasteiger partial charge in [0.1, 0.15) is 17.7 Å². The quantitative estimate of drug-likeness (QED) is 0.192. The highest BCUT2D eigenvalue weighted by molar-refractivity contribution is 7.89. The van der Waals surface area contributed by atoms with Crippen LogP contribution in [0.2, 0.25) is 0 Å². The highest BCUT2D eigenvalue weighted by Gasteiger charge is 2.26. The van der Waals surface area contributed by atoms with Crippen molar-refractivity contribution in [3.8, 4) is 11.1 Å². The molecule has 1 aliphatic heterocycles. The third-order valence-corrected chi connectivity index (χ3v) is 8.11. The Bertz CT molecular complexity index is 1660. The highest BCUT2D eigenvalue weighted by Crippen LogP contribution is 2.27. The Hall–Kier alpha value is -4.74. The van der Waals surface area contributed by atoms with E-state index in [4.69, 9.17) is 0 Å². The van der Waals surface area contributed by atoms with Crippen LogP contribution in [-0.4, -0.2) is 49.5 Å². The van der Waals surface area contributed by atoms with Crippen LogP contribution in [-0.2, 0) is 21.2 Å². The molecule has 0 saturated carbocycles. The molecule has 0 bridgehead atoms. The van der Waals surface area contributed by atoms with Crippen molar-refractivity contribution in [1.29, 1.82) is 0 Å². The zero-order valence-electron chi connectivity index (χ0n) is 22.0. The summed E-state index contributed by atoms with van der Waals surface area (Å²) in [5, 5.41) is 18.7. The van der Waals surface area contributed by atoms with Crippen LogP contribution in [0, 0.1) is 0 Å². The third-order valence-electron chi connectivity index (χ3n) is 6.63. The van der Waals surface area contributed by atoms with Crippen LogP contribution in [0.15, 0.2) is 95.9 Å². The van der Waals surface area contributed by atoms with Gasteiger partial charge < -0.3 is 21.1 Å². The van der Waals surface area contributed by atoms with Crippen molar-refractivity contribution in [2.75, 3.05) is 23.7 Å². The molecule has 1 unspecified atom stereocenters. The van der Waals surface area contributed by atoms with E-state index in [0.29, 0.717) is 5.56 Å². The monoisotopic (exact) mass is 571 g/mol. The predicted octanol–water partition coefficient (Wildman–Crippen LogP) is 4.01. The normalized spacial score (nSPS) is 13.4. The van der Waals surface area contributed by atoms with Gasteiger partial charge in [-0.25, -0.2) is 13.4 Å². The summed E-state index contributed by atoms with van der Waals surface area (Å²) < 4.78 is 27.2. The number of carbonyl (C=O) groups excluding carboxylic acids is 1. The number of nitrogens with zero attached hydrogens (tertiary/aromatic N) is 1. The van der Waals surface area contributed by atoms with Crippen LogP contribution in [0.1, 0.15) is 22.3 Å². The molecular formula is C30H29N5O5S. The molecule has 2 heterocycles. The van der Waals surface area contributed by atoms with Gasteiger partial charge in [0.25, 0.3) is 5.91 Å². The first kappa shape index (κ1) is 27.8. The van der Waals surface area contributed by atoms with Gasteiger partial charge >= 0.3 is 5.97 Å². The van der Waals surface area contributed by atoms with E-state index in [9.17, 15) is 23.1 Å². The molecule has 11 heteroatoms. The standard InChI is InChI=1S/C30H29N5O5S/c36-29(32-19-26(30(37)38)35-41(39,40)25-9-2-1-3-10-25)22-13-11-20(12-14-22)23-6-4-8-24(18-23)33-27-16-15-21-7-5-17-31-28(21)34-27/h1-4,6,8-16,18,26,35H,5,7,17,19H2,(H,32,36)(H,37,38)(H2,31,33,34). The number of carbonyl (C=O) groups is 2. The Labute approximate surface area is 237 Å². The van der Waals surface area contributed by atoms with Gasteiger partial charge in [-0.05, 0) is 72.0 Å². The largest absolute Gasteiger partial charge is 0.480 e. The van der Waals surface area contributed by atoms with E-state index in [2.05, 4.69) is 31.7 Å². The Morgan fingerprint density at radius 3 is 2.46 bits per heavy atom. The molecule has 0 spiro atoms. The van der Waals surface area contributed by atoms with E-state index in [-0.39, 0.29) is 4.90 Å². The SMILES string of the molecule is O=C(NCC(NS(=O)(=O)c1ccccc1)C(=O)O)c1ccc(-c2cccc(Nc3ccc4c(n3)NCCC4)c2)cc1. The first-order chi connectivity index (χ1) is 19.8. The van der Waals surface area contributed by atoms with E-state index in [1.807, 2.05) is 30.3 Å². The van der Waals surface area contributed by atoms with E-state index < -0.39 is 34.5 Å². The maximum Gasteiger partial charge on any atom is 0.323 e. The minimum Gasteiger partial charge on any atom is -0.480 e. The van der Waals surface area contributed by atoms with Gasteiger partial charge in [-0.2, -0.15) is 4.72 Å². The van der Waals surface area contributed by atoms with Crippen molar-refractivity contribution >= 4 is 39.2 Å². The van der Waals surface area contributed by atoms with Crippen LogP contribution in [0.25, 0.3) is 11.1 Å². The molecule has 10 nitrogen and oxygen atoms in total. The Morgan fingerprint density at radius 1 is 0.927 bits per heavy atom. The molecular weight excluding hydrogens is 542 g/mol. The molecule has 4 aromatic rings. The number of hydrogen-bond acceptors (Lipinski definition) is 7. The number of benzene rings is 3. The van der Waals surface area contributed by atoms with Crippen molar-refractivity contribution in [1.82, 2.24) is 15.0 Å². The summed E-state index contributed by atoms with van der Waals surface area (Å²) in [6.45, 7) is 0.488. The van der Waals surface area contributed by atoms with Gasteiger partial charge in [0.15, 0.2) is 0 Å². The number of carboxylic acid groups (broad SMARTS) is 1. The summed E-state index contributed by atoms with van der Waals surface area (Å²) >= 11 is 0. The summed E-state index contributed by atoms with van der Waals surface area (Å²) in [7, 11) is -4.08. The minimum absolute atomic E-state index is 0.0663. The maximum atomic E-state index is 12.7. The lowest BCUT2D eigenvalue weighted by atomic mass is 10.0. The highest BCUT2D eigenvalue weighted by atomic mass is 32.2. The summed E-state index contributed by atoms with van der Waals surface area (Å²) in [5.74, 6) is -0.276. The number of amides is 1. The maximum absolute atomic E-state index is 12.7. The Morgan fingerprint density at radius 2 is 1.71 bits per heavy atom. The van der Waals surface area contributed by atoms with E-state index in [0.717, 1.165) is 47.8 Å². The minimum atomic E-state index is -4.08. The van der Waals surface area contributed by atoms with Crippen LogP contribution in [0.3, 0.4) is 0 Å². The van der Waals surface area contributed by atoms with E-state index in [1.54, 1.807) is 30.3 Å². The Balaban J connectivity index is 1.21. The average Bonchev–Trinajstić information content (AvgIpc) is 2.99. The lowest BCUT2D eigenvalue weighted by Gasteiger charge is -2.18. The molecule has 5 rings (SSSR count). The van der Waals surface area contributed by atoms with Crippen molar-refractivity contribution in [2.24, 2.45) is 0 Å². The number of anilines is 3. The average molecular weight is 572 g/mol. The lowest BCUT2D eigenvalue weighted by Crippen LogP contribution is -2.48.